The van der Waals surface area contributed by atoms with E-state index in [0.717, 1.165) is 64.2 Å². The lowest BCUT2D eigenvalue weighted by Gasteiger charge is -2.07. The highest BCUT2D eigenvalue weighted by molar-refractivity contribution is 5.64. The molecule has 1 atom stereocenters. The monoisotopic (exact) mass is 337 g/mol. The summed E-state index contributed by atoms with van der Waals surface area (Å²) in [7, 11) is 0. The van der Waals surface area contributed by atoms with Crippen molar-refractivity contribution in [1.29, 1.82) is 0 Å². The standard InChI is InChI=1S/C20H34O4/c1-2-3-13-16-19(24-23)17-14-11-9-7-5-4-6-8-10-12-15-18-20(21)22/h4-5,9,11,14,17,19,23H,2-3,6-8,10,12-13,15-16,18H2,1H3,(H,21,22)/p-1/b5-4-,11-9-,17-14+. The first-order chi connectivity index (χ1) is 11.7. The Bertz CT molecular complexity index is 372. The maximum absolute atomic E-state index is 10.2. The van der Waals surface area contributed by atoms with Crippen LogP contribution < -0.4 is 5.11 Å². The van der Waals surface area contributed by atoms with Crippen molar-refractivity contribution in [2.45, 2.75) is 83.7 Å². The third-order valence-electron chi connectivity index (χ3n) is 3.74. The van der Waals surface area contributed by atoms with E-state index in [9.17, 15) is 9.90 Å². The number of hydrogen-bond donors (Lipinski definition) is 1. The molecule has 24 heavy (non-hydrogen) atoms. The number of carbonyl (C=O) groups is 1. The summed E-state index contributed by atoms with van der Waals surface area (Å²) in [6.07, 6.45) is 22.1. The molecule has 0 aromatic rings. The van der Waals surface area contributed by atoms with Gasteiger partial charge in [-0.1, -0.05) is 75.5 Å². The minimum Gasteiger partial charge on any atom is -0.550 e. The van der Waals surface area contributed by atoms with Crippen molar-refractivity contribution in [2.75, 3.05) is 0 Å². The molecular formula is C20H33O4-. The normalized spacial score (nSPS) is 13.4. The number of carbonyl (C=O) groups excluding carboxylic acids is 1. The zero-order valence-electron chi connectivity index (χ0n) is 15.0. The van der Waals surface area contributed by atoms with Gasteiger partial charge in [0.05, 0.1) is 0 Å². The van der Waals surface area contributed by atoms with Crippen LogP contribution in [0.15, 0.2) is 36.5 Å². The number of carboxylic acids is 1. The minimum absolute atomic E-state index is 0.176. The van der Waals surface area contributed by atoms with Crippen LogP contribution in [0.5, 0.6) is 0 Å². The fourth-order valence-corrected chi connectivity index (χ4v) is 2.30. The highest BCUT2D eigenvalue weighted by Crippen LogP contribution is 2.08. The van der Waals surface area contributed by atoms with Crippen LogP contribution in [-0.2, 0) is 9.68 Å². The second-order valence-corrected chi connectivity index (χ2v) is 5.98. The molecule has 0 amide bonds. The summed E-state index contributed by atoms with van der Waals surface area (Å²) in [6, 6.07) is 0. The highest BCUT2D eigenvalue weighted by Gasteiger charge is 2.02. The number of rotatable bonds is 16. The summed E-state index contributed by atoms with van der Waals surface area (Å²) >= 11 is 0. The number of unbranched alkanes of at least 4 members (excludes halogenated alkanes) is 6. The van der Waals surface area contributed by atoms with Gasteiger partial charge >= 0.3 is 0 Å². The average molecular weight is 337 g/mol. The Morgan fingerprint density at radius 2 is 1.83 bits per heavy atom. The van der Waals surface area contributed by atoms with Crippen molar-refractivity contribution < 1.29 is 20.0 Å². The molecule has 0 bridgehead atoms. The van der Waals surface area contributed by atoms with Crippen LogP contribution in [-0.4, -0.2) is 17.3 Å². The lowest BCUT2D eigenvalue weighted by Crippen LogP contribution is -2.21. The number of hydrogen-bond acceptors (Lipinski definition) is 4. The van der Waals surface area contributed by atoms with E-state index in [2.05, 4.69) is 30.0 Å². The van der Waals surface area contributed by atoms with E-state index in [0.29, 0.717) is 0 Å². The van der Waals surface area contributed by atoms with E-state index >= 15 is 0 Å². The van der Waals surface area contributed by atoms with Gasteiger partial charge in [-0.3, -0.25) is 5.26 Å². The van der Waals surface area contributed by atoms with Gasteiger partial charge in [-0.15, -0.1) is 0 Å². The molecule has 0 heterocycles. The van der Waals surface area contributed by atoms with Crippen molar-refractivity contribution in [3.63, 3.8) is 0 Å². The topological polar surface area (TPSA) is 69.6 Å². The molecular weight excluding hydrogens is 304 g/mol. The van der Waals surface area contributed by atoms with Crippen LogP contribution in [0, 0.1) is 0 Å². The van der Waals surface area contributed by atoms with Gasteiger partial charge in [0.1, 0.15) is 6.10 Å². The van der Waals surface area contributed by atoms with E-state index < -0.39 is 5.97 Å². The zero-order valence-corrected chi connectivity index (χ0v) is 15.0. The van der Waals surface area contributed by atoms with Gasteiger partial charge in [0.25, 0.3) is 0 Å². The largest absolute Gasteiger partial charge is 0.550 e. The molecule has 0 aromatic heterocycles. The number of aliphatic carboxylic acids is 1. The number of carboxylic acid groups (broad SMARTS) is 1. The molecule has 4 heteroatoms. The summed E-state index contributed by atoms with van der Waals surface area (Å²) in [5.41, 5.74) is 0. The first-order valence-electron chi connectivity index (χ1n) is 9.19. The Balaban J connectivity index is 3.58. The maximum Gasteiger partial charge on any atom is 0.111 e. The quantitative estimate of drug-likeness (QED) is 0.147. The van der Waals surface area contributed by atoms with Crippen LogP contribution in [0.1, 0.15) is 77.6 Å². The summed E-state index contributed by atoms with van der Waals surface area (Å²) < 4.78 is 0. The van der Waals surface area contributed by atoms with Gasteiger partial charge < -0.3 is 9.90 Å². The van der Waals surface area contributed by atoms with Crippen LogP contribution >= 0.6 is 0 Å². The van der Waals surface area contributed by atoms with Crippen LogP contribution in [0.3, 0.4) is 0 Å². The summed E-state index contributed by atoms with van der Waals surface area (Å²) in [4.78, 5) is 14.7. The molecule has 1 N–H and O–H groups in total. The molecule has 0 spiro atoms. The maximum atomic E-state index is 10.2. The molecule has 138 valence electrons. The van der Waals surface area contributed by atoms with E-state index in [-0.39, 0.29) is 12.5 Å². The Morgan fingerprint density at radius 1 is 1.04 bits per heavy atom. The van der Waals surface area contributed by atoms with Gasteiger partial charge in [-0.05, 0) is 38.5 Å². The van der Waals surface area contributed by atoms with Crippen LogP contribution in [0.4, 0.5) is 0 Å². The van der Waals surface area contributed by atoms with Crippen molar-refractivity contribution >= 4 is 5.97 Å². The van der Waals surface area contributed by atoms with Gasteiger partial charge in [-0.25, -0.2) is 4.89 Å². The van der Waals surface area contributed by atoms with E-state index in [1.807, 2.05) is 18.2 Å². The van der Waals surface area contributed by atoms with Crippen LogP contribution in [0.2, 0.25) is 0 Å². The van der Waals surface area contributed by atoms with Gasteiger partial charge in [-0.2, -0.15) is 0 Å². The Hall–Kier alpha value is -1.39. The molecule has 0 aliphatic heterocycles. The molecule has 0 saturated carbocycles. The Morgan fingerprint density at radius 3 is 2.54 bits per heavy atom. The first kappa shape index (κ1) is 22.6. The highest BCUT2D eigenvalue weighted by atomic mass is 17.1. The minimum atomic E-state index is -0.950. The molecule has 0 rings (SSSR count). The van der Waals surface area contributed by atoms with Gasteiger partial charge in [0.15, 0.2) is 0 Å². The molecule has 0 saturated heterocycles. The third kappa shape index (κ3) is 17.0. The number of allylic oxidation sites excluding steroid dienone is 5. The molecule has 0 radical (unpaired) electrons. The fourth-order valence-electron chi connectivity index (χ4n) is 2.30. The van der Waals surface area contributed by atoms with Crippen LogP contribution in [0.25, 0.3) is 0 Å². The summed E-state index contributed by atoms with van der Waals surface area (Å²) in [5.74, 6) is -0.950. The van der Waals surface area contributed by atoms with Crippen molar-refractivity contribution in [3.8, 4) is 0 Å². The Kier molecular flexibility index (Phi) is 16.9. The van der Waals surface area contributed by atoms with E-state index in [1.54, 1.807) is 0 Å². The predicted molar refractivity (Wildman–Crippen MR) is 96.4 cm³/mol. The molecule has 1 unspecified atom stereocenters. The molecule has 0 aliphatic rings. The lowest BCUT2D eigenvalue weighted by molar-refractivity contribution is -0.305. The summed E-state index contributed by atoms with van der Waals surface area (Å²) in [5, 5.41) is 19.1. The summed E-state index contributed by atoms with van der Waals surface area (Å²) in [6.45, 7) is 2.15. The lowest BCUT2D eigenvalue weighted by atomic mass is 10.1. The fraction of sp³-hybridized carbons (Fsp3) is 0.650. The molecule has 0 aromatic carbocycles. The van der Waals surface area contributed by atoms with Crippen molar-refractivity contribution in [3.05, 3.63) is 36.5 Å². The van der Waals surface area contributed by atoms with Gasteiger partial charge in [0, 0.05) is 5.97 Å². The van der Waals surface area contributed by atoms with Crippen molar-refractivity contribution in [2.24, 2.45) is 0 Å². The smallest absolute Gasteiger partial charge is 0.111 e. The second-order valence-electron chi connectivity index (χ2n) is 5.98. The third-order valence-corrected chi connectivity index (χ3v) is 3.74. The molecule has 0 aliphatic carbocycles. The van der Waals surface area contributed by atoms with Gasteiger partial charge in [0.2, 0.25) is 0 Å². The van der Waals surface area contributed by atoms with Crippen molar-refractivity contribution in [1.82, 2.24) is 0 Å². The second kappa shape index (κ2) is 18.0. The first-order valence-corrected chi connectivity index (χ1v) is 9.19. The average Bonchev–Trinajstić information content (AvgIpc) is 2.57. The zero-order chi connectivity index (χ0) is 17.9. The van der Waals surface area contributed by atoms with E-state index in [4.69, 9.17) is 5.26 Å². The Labute approximate surface area is 146 Å². The SMILES string of the molecule is CCCCCC(/C=C/C=C\C/C=C\CCCCCCC(=O)[O-])OO. The molecule has 4 nitrogen and oxygen atoms in total. The molecule has 0 fully saturated rings. The predicted octanol–water partition coefficient (Wildman–Crippen LogP) is 4.57. The van der Waals surface area contributed by atoms with E-state index in [1.165, 1.54) is 0 Å².